The Morgan fingerprint density at radius 3 is 2.82 bits per heavy atom. The highest BCUT2D eigenvalue weighted by molar-refractivity contribution is 8.16. The van der Waals surface area contributed by atoms with Crippen molar-refractivity contribution in [2.24, 2.45) is 5.11 Å². The molecule has 1 rings (SSSR count). The summed E-state index contributed by atoms with van der Waals surface area (Å²) in [5.41, 5.74) is 8.85. The van der Waals surface area contributed by atoms with Crippen molar-refractivity contribution in [2.45, 2.75) is 37.9 Å². The first-order chi connectivity index (χ1) is 10.4. The molecule has 118 valence electrons. The van der Waals surface area contributed by atoms with Crippen molar-refractivity contribution >= 4 is 22.7 Å². The van der Waals surface area contributed by atoms with Gasteiger partial charge in [0.25, 0.3) is 0 Å². The molecule has 1 aliphatic rings. The van der Waals surface area contributed by atoms with Gasteiger partial charge in [0.1, 0.15) is 11.3 Å². The zero-order valence-electron chi connectivity index (χ0n) is 12.7. The summed E-state index contributed by atoms with van der Waals surface area (Å²) < 4.78 is -0.925. The second kappa shape index (κ2) is 7.87. The summed E-state index contributed by atoms with van der Waals surface area (Å²) in [7, 11) is 0. The summed E-state index contributed by atoms with van der Waals surface area (Å²) in [6, 6.07) is 0. The van der Waals surface area contributed by atoms with Gasteiger partial charge >= 0.3 is 0 Å². The van der Waals surface area contributed by atoms with Crippen LogP contribution in [0.5, 0.6) is 0 Å². The first-order valence-electron chi connectivity index (χ1n) is 6.88. The van der Waals surface area contributed by atoms with Gasteiger partial charge in [-0.05, 0) is 32.2 Å². The quantitative estimate of drug-likeness (QED) is 0.182. The van der Waals surface area contributed by atoms with Gasteiger partial charge in [-0.25, -0.2) is 0 Å². The molecular weight excluding hydrogens is 302 g/mol. The highest BCUT2D eigenvalue weighted by Gasteiger charge is 2.44. The molecule has 22 heavy (non-hydrogen) atoms. The van der Waals surface area contributed by atoms with E-state index >= 15 is 0 Å². The number of allylic oxidation sites excluding steroid dienone is 2. The van der Waals surface area contributed by atoms with Crippen LogP contribution in [0.25, 0.3) is 10.4 Å². The van der Waals surface area contributed by atoms with E-state index in [0.29, 0.717) is 19.4 Å². The van der Waals surface area contributed by atoms with Gasteiger partial charge < -0.3 is 5.11 Å². The summed E-state index contributed by atoms with van der Waals surface area (Å²) >= 11 is 0.929. The largest absolute Gasteiger partial charge is 0.510 e. The number of hydrogen-bond donors (Lipinski definition) is 1. The molecule has 1 aliphatic heterocycles. The van der Waals surface area contributed by atoms with Gasteiger partial charge in [0, 0.05) is 17.9 Å². The lowest BCUT2D eigenvalue weighted by Crippen LogP contribution is -2.18. The zero-order chi connectivity index (χ0) is 16.8. The molecule has 1 heterocycles. The number of aliphatic hydroxyl groups excluding tert-OH is 1. The predicted octanol–water partition coefficient (Wildman–Crippen LogP) is 4.01. The Bertz CT molecular complexity index is 603. The van der Waals surface area contributed by atoms with Crippen molar-refractivity contribution in [1.29, 1.82) is 0 Å². The fourth-order valence-corrected chi connectivity index (χ4v) is 3.25. The lowest BCUT2D eigenvalue weighted by atomic mass is 9.98. The Kier molecular flexibility index (Phi) is 6.46. The Morgan fingerprint density at radius 1 is 1.55 bits per heavy atom. The molecule has 7 heteroatoms. The number of rotatable bonds is 8. The van der Waals surface area contributed by atoms with Gasteiger partial charge in [-0.3, -0.25) is 9.59 Å². The van der Waals surface area contributed by atoms with Crippen molar-refractivity contribution in [1.82, 2.24) is 0 Å². The van der Waals surface area contributed by atoms with Crippen LogP contribution >= 0.6 is 11.8 Å². The van der Waals surface area contributed by atoms with E-state index in [9.17, 15) is 14.7 Å². The molecule has 0 spiro atoms. The number of carbonyl (C=O) groups excluding carboxylic acids is 2. The molecule has 1 atom stereocenters. The molecule has 6 nitrogen and oxygen atoms in total. The van der Waals surface area contributed by atoms with Crippen LogP contribution in [-0.4, -0.2) is 27.3 Å². The minimum absolute atomic E-state index is 0.121. The molecule has 0 radical (unpaired) electrons. The average molecular weight is 321 g/mol. The SMILES string of the molecule is C=C/C(C)=C/[C@@]1(C)SC(=O)C(C(=O)CCCCN=[N+]=[N-])=C1O. The highest BCUT2D eigenvalue weighted by Crippen LogP contribution is 2.44. The number of azide groups is 1. The maximum atomic E-state index is 12.1. The Morgan fingerprint density at radius 2 is 2.23 bits per heavy atom. The number of Topliss-reactive ketones (excluding diaryl/α,β-unsaturated/α-hetero) is 1. The molecule has 0 amide bonds. The van der Waals surface area contributed by atoms with E-state index in [1.165, 1.54) is 0 Å². The maximum Gasteiger partial charge on any atom is 0.227 e. The van der Waals surface area contributed by atoms with E-state index < -0.39 is 9.86 Å². The van der Waals surface area contributed by atoms with E-state index in [2.05, 4.69) is 16.6 Å². The number of ketones is 1. The Balaban J connectivity index is 2.85. The van der Waals surface area contributed by atoms with Crippen LogP contribution in [0.4, 0.5) is 0 Å². The van der Waals surface area contributed by atoms with E-state index in [0.717, 1.165) is 17.3 Å². The van der Waals surface area contributed by atoms with Crippen molar-refractivity contribution in [3.05, 3.63) is 46.1 Å². The lowest BCUT2D eigenvalue weighted by molar-refractivity contribution is -0.118. The van der Waals surface area contributed by atoms with Crippen LogP contribution in [0.2, 0.25) is 0 Å². The van der Waals surface area contributed by atoms with E-state index in [-0.39, 0.29) is 23.5 Å². The van der Waals surface area contributed by atoms with Gasteiger partial charge in [0.15, 0.2) is 5.78 Å². The molecule has 1 N–H and O–H groups in total. The third kappa shape index (κ3) is 4.26. The summed E-state index contributed by atoms with van der Waals surface area (Å²) in [6.07, 6.45) is 4.56. The maximum absolute atomic E-state index is 12.1. The average Bonchev–Trinajstić information content (AvgIpc) is 2.68. The first-order valence-corrected chi connectivity index (χ1v) is 7.70. The monoisotopic (exact) mass is 321 g/mol. The molecule has 0 aliphatic carbocycles. The van der Waals surface area contributed by atoms with Gasteiger partial charge in [0.2, 0.25) is 5.12 Å². The molecule has 0 saturated carbocycles. The summed E-state index contributed by atoms with van der Waals surface area (Å²) in [6.45, 7) is 7.46. The fraction of sp³-hybridized carbons (Fsp3) is 0.467. The molecule has 0 bridgehead atoms. The predicted molar refractivity (Wildman–Crippen MR) is 87.5 cm³/mol. The Hall–Kier alpha value is -1.98. The van der Waals surface area contributed by atoms with Gasteiger partial charge in [0.05, 0.1) is 4.75 Å². The summed E-state index contributed by atoms with van der Waals surface area (Å²) in [4.78, 5) is 26.8. The van der Waals surface area contributed by atoms with Crippen molar-refractivity contribution in [2.75, 3.05) is 6.54 Å². The van der Waals surface area contributed by atoms with Gasteiger partial charge in [-0.2, -0.15) is 0 Å². The molecule has 0 aromatic heterocycles. The van der Waals surface area contributed by atoms with Gasteiger partial charge in [-0.1, -0.05) is 41.2 Å². The third-order valence-electron chi connectivity index (χ3n) is 3.29. The van der Waals surface area contributed by atoms with Crippen LogP contribution in [-0.2, 0) is 9.59 Å². The molecule has 0 aromatic carbocycles. The van der Waals surface area contributed by atoms with E-state index in [1.54, 1.807) is 19.1 Å². The number of carbonyl (C=O) groups is 2. The summed E-state index contributed by atoms with van der Waals surface area (Å²) in [5.74, 6) is -0.562. The zero-order valence-corrected chi connectivity index (χ0v) is 13.5. The number of aliphatic hydroxyl groups is 1. The minimum atomic E-state index is -0.925. The second-order valence-corrected chi connectivity index (χ2v) is 6.57. The summed E-state index contributed by atoms with van der Waals surface area (Å²) in [5, 5.41) is 13.3. The second-order valence-electron chi connectivity index (χ2n) is 5.15. The van der Waals surface area contributed by atoms with Crippen molar-refractivity contribution < 1.29 is 14.7 Å². The van der Waals surface area contributed by atoms with Gasteiger partial charge in [-0.15, -0.1) is 0 Å². The normalized spacial score (nSPS) is 21.7. The first kappa shape index (κ1) is 18.1. The molecule has 0 unspecified atom stereocenters. The lowest BCUT2D eigenvalue weighted by Gasteiger charge is -2.18. The van der Waals surface area contributed by atoms with E-state index in [4.69, 9.17) is 5.53 Å². The molecule has 0 aromatic rings. The van der Waals surface area contributed by atoms with Crippen LogP contribution in [0, 0.1) is 0 Å². The number of thioether (sulfide) groups is 1. The smallest absolute Gasteiger partial charge is 0.227 e. The Labute approximate surface area is 133 Å². The topological polar surface area (TPSA) is 103 Å². The van der Waals surface area contributed by atoms with E-state index in [1.807, 2.05) is 6.92 Å². The van der Waals surface area contributed by atoms with Crippen LogP contribution < -0.4 is 0 Å². The third-order valence-corrected chi connectivity index (χ3v) is 4.42. The molecular formula is C15H19N3O3S. The number of nitrogens with zero attached hydrogens (tertiary/aromatic N) is 3. The standard InChI is InChI=1S/C15H19N3O3S/c1-4-10(2)9-15(3)13(20)12(14(21)22-15)11(19)7-5-6-8-17-18-16/h4,9,20H,1,5-8H2,2-3H3/b10-9+/t15-/m1/s1. The number of hydrogen-bond acceptors (Lipinski definition) is 5. The highest BCUT2D eigenvalue weighted by atomic mass is 32.2. The van der Waals surface area contributed by atoms with Crippen LogP contribution in [0.1, 0.15) is 33.1 Å². The minimum Gasteiger partial charge on any atom is -0.510 e. The number of unbranched alkanes of at least 4 members (excludes halogenated alkanes) is 1. The van der Waals surface area contributed by atoms with Crippen LogP contribution in [0.3, 0.4) is 0 Å². The van der Waals surface area contributed by atoms with Crippen LogP contribution in [0.15, 0.2) is 40.8 Å². The van der Waals surface area contributed by atoms with Crippen molar-refractivity contribution in [3.8, 4) is 0 Å². The molecule has 0 fully saturated rings. The molecule has 0 saturated heterocycles. The van der Waals surface area contributed by atoms with Crippen molar-refractivity contribution in [3.63, 3.8) is 0 Å². The fourth-order valence-electron chi connectivity index (χ4n) is 2.11.